The minimum atomic E-state index is -0.463. The van der Waals surface area contributed by atoms with Gasteiger partial charge in [0, 0.05) is 17.8 Å². The van der Waals surface area contributed by atoms with Crippen LogP contribution in [0, 0.1) is 6.92 Å². The van der Waals surface area contributed by atoms with Gasteiger partial charge in [-0.2, -0.15) is 5.10 Å². The van der Waals surface area contributed by atoms with Crippen molar-refractivity contribution in [3.05, 3.63) is 113 Å². The normalized spacial score (nSPS) is 10.9. The molecular weight excluding hydrogens is 404 g/mol. The Labute approximate surface area is 183 Å². The van der Waals surface area contributed by atoms with Gasteiger partial charge in [0.1, 0.15) is 17.6 Å². The van der Waals surface area contributed by atoms with Gasteiger partial charge in [-0.3, -0.25) is 4.79 Å². The lowest BCUT2D eigenvalue weighted by molar-refractivity contribution is 0.0734. The molecule has 0 aliphatic heterocycles. The standard InChI is InChI=1S/C26H18N2O4/c1-17-7-5-6-10-21(17)26(30)32-20-11-12-22-24(13-20)31-16-23(25(22)29)18-14-27-28(15-18)19-8-3-2-4-9-19/h2-16H,1H3. The Hall–Kier alpha value is -4.45. The number of hydrogen-bond donors (Lipinski definition) is 0. The minimum absolute atomic E-state index is 0.185. The van der Waals surface area contributed by atoms with E-state index in [1.165, 1.54) is 6.26 Å². The Morgan fingerprint density at radius 1 is 1.00 bits per heavy atom. The van der Waals surface area contributed by atoms with E-state index in [-0.39, 0.29) is 5.43 Å². The van der Waals surface area contributed by atoms with Crippen LogP contribution in [-0.4, -0.2) is 15.7 Å². The molecule has 0 amide bonds. The summed E-state index contributed by atoms with van der Waals surface area (Å²) in [7, 11) is 0. The van der Waals surface area contributed by atoms with Crippen molar-refractivity contribution in [1.29, 1.82) is 0 Å². The van der Waals surface area contributed by atoms with Crippen LogP contribution < -0.4 is 10.2 Å². The van der Waals surface area contributed by atoms with Gasteiger partial charge < -0.3 is 9.15 Å². The zero-order valence-electron chi connectivity index (χ0n) is 17.2. The zero-order chi connectivity index (χ0) is 22.1. The maximum absolute atomic E-state index is 13.1. The van der Waals surface area contributed by atoms with E-state index in [2.05, 4.69) is 5.10 Å². The third-order valence-corrected chi connectivity index (χ3v) is 5.24. The average molecular weight is 422 g/mol. The fraction of sp³-hybridized carbons (Fsp3) is 0.0385. The molecule has 0 fully saturated rings. The van der Waals surface area contributed by atoms with E-state index < -0.39 is 5.97 Å². The lowest BCUT2D eigenvalue weighted by atomic mass is 10.1. The molecule has 0 atom stereocenters. The van der Waals surface area contributed by atoms with E-state index in [0.717, 1.165) is 11.3 Å². The van der Waals surface area contributed by atoms with Crippen molar-refractivity contribution >= 4 is 16.9 Å². The van der Waals surface area contributed by atoms with E-state index in [1.54, 1.807) is 47.4 Å². The van der Waals surface area contributed by atoms with E-state index in [1.807, 2.05) is 49.4 Å². The number of benzene rings is 3. The molecule has 2 aromatic heterocycles. The van der Waals surface area contributed by atoms with E-state index in [0.29, 0.717) is 33.4 Å². The third-order valence-electron chi connectivity index (χ3n) is 5.24. The Morgan fingerprint density at radius 3 is 2.59 bits per heavy atom. The first kappa shape index (κ1) is 19.5. The number of carbonyl (C=O) groups excluding carboxylic acids is 1. The molecule has 2 heterocycles. The van der Waals surface area contributed by atoms with Crippen LogP contribution in [0.2, 0.25) is 0 Å². The molecule has 32 heavy (non-hydrogen) atoms. The molecule has 0 spiro atoms. The van der Waals surface area contributed by atoms with E-state index in [4.69, 9.17) is 9.15 Å². The first-order valence-corrected chi connectivity index (χ1v) is 10.0. The number of rotatable bonds is 4. The molecule has 156 valence electrons. The van der Waals surface area contributed by atoms with Crippen LogP contribution in [0.5, 0.6) is 5.75 Å². The van der Waals surface area contributed by atoms with Crippen LogP contribution in [0.3, 0.4) is 0 Å². The summed E-state index contributed by atoms with van der Waals surface area (Å²) in [6.07, 6.45) is 4.82. The van der Waals surface area contributed by atoms with Crippen molar-refractivity contribution < 1.29 is 13.9 Å². The number of aromatic nitrogens is 2. The summed E-state index contributed by atoms with van der Waals surface area (Å²) < 4.78 is 12.9. The fourth-order valence-corrected chi connectivity index (χ4v) is 3.52. The highest BCUT2D eigenvalue weighted by atomic mass is 16.5. The second kappa shape index (κ2) is 8.00. The smallest absolute Gasteiger partial charge is 0.343 e. The van der Waals surface area contributed by atoms with Crippen molar-refractivity contribution in [2.45, 2.75) is 6.92 Å². The molecule has 5 rings (SSSR count). The molecular formula is C26H18N2O4. The summed E-state index contributed by atoms with van der Waals surface area (Å²) in [5.41, 5.74) is 3.41. The maximum atomic E-state index is 13.1. The number of carbonyl (C=O) groups is 1. The molecule has 6 heteroatoms. The minimum Gasteiger partial charge on any atom is -0.463 e. The predicted octanol–water partition coefficient (Wildman–Crippen LogP) is 5.17. The van der Waals surface area contributed by atoms with Crippen LogP contribution in [-0.2, 0) is 0 Å². The van der Waals surface area contributed by atoms with Gasteiger partial charge >= 0.3 is 5.97 Å². The molecule has 5 aromatic rings. The number of esters is 1. The summed E-state index contributed by atoms with van der Waals surface area (Å²) in [6.45, 7) is 1.84. The number of aryl methyl sites for hydroxylation is 1. The van der Waals surface area contributed by atoms with Crippen molar-refractivity contribution in [1.82, 2.24) is 9.78 Å². The molecule has 0 unspecified atom stereocenters. The van der Waals surface area contributed by atoms with Gasteiger partial charge in [0.2, 0.25) is 5.43 Å². The third kappa shape index (κ3) is 3.58. The number of hydrogen-bond acceptors (Lipinski definition) is 5. The molecule has 3 aromatic carbocycles. The molecule has 6 nitrogen and oxygen atoms in total. The van der Waals surface area contributed by atoms with E-state index >= 15 is 0 Å². The van der Waals surface area contributed by atoms with Gasteiger partial charge in [-0.05, 0) is 42.8 Å². The monoisotopic (exact) mass is 422 g/mol. The Kier molecular flexibility index (Phi) is 4.88. The predicted molar refractivity (Wildman–Crippen MR) is 121 cm³/mol. The second-order valence-corrected chi connectivity index (χ2v) is 7.35. The summed E-state index contributed by atoms with van der Waals surface area (Å²) in [6, 6.07) is 21.6. The Morgan fingerprint density at radius 2 is 1.78 bits per heavy atom. The topological polar surface area (TPSA) is 74.3 Å². The van der Waals surface area contributed by atoms with Crippen LogP contribution in [0.4, 0.5) is 0 Å². The van der Waals surface area contributed by atoms with Gasteiger partial charge in [-0.1, -0.05) is 36.4 Å². The first-order valence-electron chi connectivity index (χ1n) is 10.0. The summed E-state index contributed by atoms with van der Waals surface area (Å²) in [5, 5.41) is 4.74. The van der Waals surface area contributed by atoms with Gasteiger partial charge in [-0.25, -0.2) is 9.48 Å². The first-order chi connectivity index (χ1) is 15.6. The zero-order valence-corrected chi connectivity index (χ0v) is 17.2. The molecule has 0 saturated heterocycles. The van der Waals surface area contributed by atoms with Crippen molar-refractivity contribution in [2.75, 3.05) is 0 Å². The number of ether oxygens (including phenoxy) is 1. The highest BCUT2D eigenvalue weighted by molar-refractivity contribution is 5.93. The highest BCUT2D eigenvalue weighted by Crippen LogP contribution is 2.24. The molecule has 0 saturated carbocycles. The molecule has 0 N–H and O–H groups in total. The lowest BCUT2D eigenvalue weighted by Gasteiger charge is -2.07. The lowest BCUT2D eigenvalue weighted by Crippen LogP contribution is -2.10. The van der Waals surface area contributed by atoms with Gasteiger partial charge in [0.05, 0.1) is 28.4 Å². The van der Waals surface area contributed by atoms with Crippen molar-refractivity contribution in [3.63, 3.8) is 0 Å². The van der Waals surface area contributed by atoms with Gasteiger partial charge in [0.25, 0.3) is 0 Å². The quantitative estimate of drug-likeness (QED) is 0.295. The molecule has 0 radical (unpaired) electrons. The van der Waals surface area contributed by atoms with Crippen LogP contribution in [0.25, 0.3) is 27.8 Å². The molecule has 0 bridgehead atoms. The van der Waals surface area contributed by atoms with Crippen LogP contribution in [0.15, 0.2) is 101 Å². The molecule has 0 aliphatic rings. The Bertz CT molecular complexity index is 1500. The summed E-state index contributed by atoms with van der Waals surface area (Å²) in [5.74, 6) is -0.159. The highest BCUT2D eigenvalue weighted by Gasteiger charge is 2.15. The summed E-state index contributed by atoms with van der Waals surface area (Å²) >= 11 is 0. The average Bonchev–Trinajstić information content (AvgIpc) is 3.30. The number of para-hydroxylation sites is 1. The largest absolute Gasteiger partial charge is 0.463 e. The summed E-state index contributed by atoms with van der Waals surface area (Å²) in [4.78, 5) is 25.5. The molecule has 0 aliphatic carbocycles. The second-order valence-electron chi connectivity index (χ2n) is 7.35. The maximum Gasteiger partial charge on any atom is 0.343 e. The van der Waals surface area contributed by atoms with Crippen molar-refractivity contribution in [3.8, 4) is 22.6 Å². The number of fused-ring (bicyclic) bond motifs is 1. The van der Waals surface area contributed by atoms with Crippen LogP contribution >= 0.6 is 0 Å². The van der Waals surface area contributed by atoms with E-state index in [9.17, 15) is 9.59 Å². The SMILES string of the molecule is Cc1ccccc1C(=O)Oc1ccc2c(=O)c(-c3cnn(-c4ccccc4)c3)coc2c1. The number of nitrogens with zero attached hydrogens (tertiary/aromatic N) is 2. The fourth-order valence-electron chi connectivity index (χ4n) is 3.52. The van der Waals surface area contributed by atoms with Crippen LogP contribution in [0.1, 0.15) is 15.9 Å². The van der Waals surface area contributed by atoms with Crippen molar-refractivity contribution in [2.24, 2.45) is 0 Å². The van der Waals surface area contributed by atoms with Gasteiger partial charge in [0.15, 0.2) is 0 Å². The van der Waals surface area contributed by atoms with Gasteiger partial charge in [-0.15, -0.1) is 0 Å². The Balaban J connectivity index is 1.45.